The predicted octanol–water partition coefficient (Wildman–Crippen LogP) is 1.12. The highest BCUT2D eigenvalue weighted by Gasteiger charge is 2.22. The summed E-state index contributed by atoms with van der Waals surface area (Å²) in [6.07, 6.45) is 1.57. The number of nitrogens with zero attached hydrogens (tertiary/aromatic N) is 1. The van der Waals surface area contributed by atoms with Gasteiger partial charge in [0.2, 0.25) is 5.91 Å². The first-order valence-corrected chi connectivity index (χ1v) is 5.90. The standard InChI is InChI=1S/C11H12ClN3O3/c12-6-3-4-8(15-9(6)11(17)18)14-7-2-1-5-13-10(7)16/h3-4,7H,1-2,5H2,(H,13,16)(H,14,15)(H,17,18). The summed E-state index contributed by atoms with van der Waals surface area (Å²) < 4.78 is 0. The van der Waals surface area contributed by atoms with Crippen molar-refractivity contribution < 1.29 is 14.7 Å². The van der Waals surface area contributed by atoms with Gasteiger partial charge in [-0.1, -0.05) is 11.6 Å². The van der Waals surface area contributed by atoms with Crippen LogP contribution in [0, 0.1) is 0 Å². The Kier molecular flexibility index (Phi) is 3.66. The van der Waals surface area contributed by atoms with E-state index in [1.165, 1.54) is 6.07 Å². The lowest BCUT2D eigenvalue weighted by atomic mass is 10.1. The predicted molar refractivity (Wildman–Crippen MR) is 65.9 cm³/mol. The smallest absolute Gasteiger partial charge is 0.356 e. The molecule has 0 saturated carbocycles. The van der Waals surface area contributed by atoms with E-state index in [0.717, 1.165) is 6.42 Å². The molecule has 0 aromatic carbocycles. The summed E-state index contributed by atoms with van der Waals surface area (Å²) >= 11 is 5.71. The topological polar surface area (TPSA) is 91.3 Å². The number of amides is 1. The van der Waals surface area contributed by atoms with Gasteiger partial charge >= 0.3 is 5.97 Å². The van der Waals surface area contributed by atoms with Crippen LogP contribution in [0.15, 0.2) is 12.1 Å². The maximum Gasteiger partial charge on any atom is 0.356 e. The van der Waals surface area contributed by atoms with E-state index in [1.54, 1.807) is 6.07 Å². The van der Waals surface area contributed by atoms with Gasteiger partial charge in [-0.15, -0.1) is 0 Å². The number of aromatic nitrogens is 1. The third-order valence-electron chi connectivity index (χ3n) is 2.66. The lowest BCUT2D eigenvalue weighted by Crippen LogP contribution is -2.44. The van der Waals surface area contributed by atoms with Crippen LogP contribution in [-0.4, -0.2) is 34.6 Å². The second-order valence-corrected chi connectivity index (χ2v) is 4.37. The Morgan fingerprint density at radius 3 is 3.00 bits per heavy atom. The third-order valence-corrected chi connectivity index (χ3v) is 2.96. The molecule has 1 aliphatic heterocycles. The average molecular weight is 270 g/mol. The minimum Gasteiger partial charge on any atom is -0.476 e. The largest absolute Gasteiger partial charge is 0.476 e. The summed E-state index contributed by atoms with van der Waals surface area (Å²) in [5.41, 5.74) is -0.224. The van der Waals surface area contributed by atoms with Crippen molar-refractivity contribution in [2.45, 2.75) is 18.9 Å². The van der Waals surface area contributed by atoms with Crippen molar-refractivity contribution in [2.24, 2.45) is 0 Å². The van der Waals surface area contributed by atoms with E-state index in [1.807, 2.05) is 0 Å². The molecule has 3 N–H and O–H groups in total. The maximum absolute atomic E-state index is 11.5. The van der Waals surface area contributed by atoms with Crippen molar-refractivity contribution in [3.05, 3.63) is 22.8 Å². The molecule has 0 bridgehead atoms. The second-order valence-electron chi connectivity index (χ2n) is 3.96. The van der Waals surface area contributed by atoms with Crippen LogP contribution in [-0.2, 0) is 4.79 Å². The first kappa shape index (κ1) is 12.6. The number of carbonyl (C=O) groups excluding carboxylic acids is 1. The number of pyridine rings is 1. The molecule has 1 saturated heterocycles. The zero-order valence-corrected chi connectivity index (χ0v) is 10.2. The number of piperidine rings is 1. The lowest BCUT2D eigenvalue weighted by molar-refractivity contribution is -0.123. The molecule has 0 radical (unpaired) electrons. The molecule has 1 unspecified atom stereocenters. The van der Waals surface area contributed by atoms with Gasteiger partial charge < -0.3 is 15.7 Å². The Labute approximate surface area is 108 Å². The summed E-state index contributed by atoms with van der Waals surface area (Å²) in [5.74, 6) is -0.967. The molecule has 1 amide bonds. The highest BCUT2D eigenvalue weighted by molar-refractivity contribution is 6.33. The SMILES string of the molecule is O=C(O)c1nc(NC2CCCNC2=O)ccc1Cl. The molecule has 1 aromatic rings. The Morgan fingerprint density at radius 2 is 2.33 bits per heavy atom. The number of anilines is 1. The van der Waals surface area contributed by atoms with Gasteiger partial charge in [0.15, 0.2) is 5.69 Å². The van der Waals surface area contributed by atoms with E-state index in [0.29, 0.717) is 18.8 Å². The van der Waals surface area contributed by atoms with Crippen LogP contribution in [0.3, 0.4) is 0 Å². The zero-order valence-electron chi connectivity index (χ0n) is 9.44. The molecule has 18 heavy (non-hydrogen) atoms. The first-order valence-electron chi connectivity index (χ1n) is 5.52. The number of carboxylic acid groups (broad SMARTS) is 1. The second kappa shape index (κ2) is 5.22. The fraction of sp³-hybridized carbons (Fsp3) is 0.364. The van der Waals surface area contributed by atoms with E-state index in [-0.39, 0.29) is 22.7 Å². The van der Waals surface area contributed by atoms with E-state index >= 15 is 0 Å². The summed E-state index contributed by atoms with van der Waals surface area (Å²) in [6.45, 7) is 0.672. The number of halogens is 1. The highest BCUT2D eigenvalue weighted by atomic mass is 35.5. The summed E-state index contributed by atoms with van der Waals surface area (Å²) in [7, 11) is 0. The van der Waals surface area contributed by atoms with Crippen LogP contribution in [0.5, 0.6) is 0 Å². The molecule has 96 valence electrons. The normalized spacial score (nSPS) is 19.2. The van der Waals surface area contributed by atoms with Gasteiger partial charge in [-0.25, -0.2) is 9.78 Å². The first-order chi connectivity index (χ1) is 8.58. The quantitative estimate of drug-likeness (QED) is 0.765. The fourth-order valence-electron chi connectivity index (χ4n) is 1.76. The molecule has 1 aliphatic rings. The molecule has 2 heterocycles. The van der Waals surface area contributed by atoms with Gasteiger partial charge in [0.25, 0.3) is 0 Å². The lowest BCUT2D eigenvalue weighted by Gasteiger charge is -2.23. The summed E-state index contributed by atoms with van der Waals surface area (Å²) in [4.78, 5) is 26.3. The van der Waals surface area contributed by atoms with Crippen molar-refractivity contribution in [3.8, 4) is 0 Å². The van der Waals surface area contributed by atoms with Crippen molar-refractivity contribution in [1.29, 1.82) is 0 Å². The highest BCUT2D eigenvalue weighted by Crippen LogP contribution is 2.18. The maximum atomic E-state index is 11.5. The summed E-state index contributed by atoms with van der Waals surface area (Å²) in [5, 5.41) is 14.6. The number of rotatable bonds is 3. The Balaban J connectivity index is 2.16. The molecule has 7 heteroatoms. The van der Waals surface area contributed by atoms with Crippen LogP contribution in [0.4, 0.5) is 5.82 Å². The molecule has 2 rings (SSSR count). The van der Waals surface area contributed by atoms with Gasteiger partial charge in [0, 0.05) is 6.54 Å². The van der Waals surface area contributed by atoms with E-state index in [2.05, 4.69) is 15.6 Å². The Morgan fingerprint density at radius 1 is 1.56 bits per heavy atom. The van der Waals surface area contributed by atoms with E-state index < -0.39 is 5.97 Å². The average Bonchev–Trinajstić information content (AvgIpc) is 2.34. The number of hydrogen-bond donors (Lipinski definition) is 3. The van der Waals surface area contributed by atoms with E-state index in [9.17, 15) is 9.59 Å². The molecule has 1 fully saturated rings. The van der Waals surface area contributed by atoms with Gasteiger partial charge in [-0.3, -0.25) is 4.79 Å². The molecular formula is C11H12ClN3O3. The van der Waals surface area contributed by atoms with Crippen molar-refractivity contribution >= 4 is 29.3 Å². The Hall–Kier alpha value is -1.82. The molecule has 6 nitrogen and oxygen atoms in total. The monoisotopic (exact) mass is 269 g/mol. The van der Waals surface area contributed by atoms with Gasteiger partial charge in [0.1, 0.15) is 11.9 Å². The number of aromatic carboxylic acids is 1. The zero-order chi connectivity index (χ0) is 13.1. The number of nitrogens with one attached hydrogen (secondary N) is 2. The molecule has 0 aliphatic carbocycles. The molecule has 1 aromatic heterocycles. The van der Waals surface area contributed by atoms with Gasteiger partial charge in [-0.2, -0.15) is 0 Å². The minimum absolute atomic E-state index is 0.0705. The van der Waals surface area contributed by atoms with E-state index in [4.69, 9.17) is 16.7 Å². The van der Waals surface area contributed by atoms with Crippen LogP contribution in [0.1, 0.15) is 23.3 Å². The van der Waals surface area contributed by atoms with Crippen LogP contribution in [0.25, 0.3) is 0 Å². The van der Waals surface area contributed by atoms with Gasteiger partial charge in [0.05, 0.1) is 5.02 Å². The van der Waals surface area contributed by atoms with Crippen LogP contribution in [0.2, 0.25) is 5.02 Å². The number of hydrogen-bond acceptors (Lipinski definition) is 4. The number of carboxylic acids is 1. The summed E-state index contributed by atoms with van der Waals surface area (Å²) in [6, 6.07) is 2.62. The van der Waals surface area contributed by atoms with Crippen LogP contribution >= 0.6 is 11.6 Å². The van der Waals surface area contributed by atoms with Crippen molar-refractivity contribution in [2.75, 3.05) is 11.9 Å². The number of carbonyl (C=O) groups is 2. The van der Waals surface area contributed by atoms with Gasteiger partial charge in [-0.05, 0) is 25.0 Å². The minimum atomic E-state index is -1.20. The Bertz CT molecular complexity index is 492. The van der Waals surface area contributed by atoms with Crippen LogP contribution < -0.4 is 10.6 Å². The van der Waals surface area contributed by atoms with Crippen molar-refractivity contribution in [3.63, 3.8) is 0 Å². The molecule has 1 atom stereocenters. The molecule has 0 spiro atoms. The molecular weight excluding hydrogens is 258 g/mol. The fourth-order valence-corrected chi connectivity index (χ4v) is 1.95. The van der Waals surface area contributed by atoms with Crippen molar-refractivity contribution in [1.82, 2.24) is 10.3 Å². The third kappa shape index (κ3) is 2.70.